The summed E-state index contributed by atoms with van der Waals surface area (Å²) in [5, 5.41) is 3.04. The molecule has 164 valence electrons. The van der Waals surface area contributed by atoms with Crippen molar-refractivity contribution in [3.05, 3.63) is 63.7 Å². The van der Waals surface area contributed by atoms with E-state index in [2.05, 4.69) is 24.4 Å². The summed E-state index contributed by atoms with van der Waals surface area (Å²) >= 11 is 0. The smallest absolute Gasteiger partial charge is 0.244 e. The minimum atomic E-state index is -3.66. The lowest BCUT2D eigenvalue weighted by atomic mass is 9.96. The minimum Gasteiger partial charge on any atom is -0.348 e. The molecule has 0 saturated heterocycles. The Kier molecular flexibility index (Phi) is 7.35. The van der Waals surface area contributed by atoms with Gasteiger partial charge in [-0.15, -0.1) is 0 Å². The maximum atomic E-state index is 13.2. The van der Waals surface area contributed by atoms with Gasteiger partial charge in [-0.1, -0.05) is 25.1 Å². The van der Waals surface area contributed by atoms with Crippen molar-refractivity contribution in [2.45, 2.75) is 67.0 Å². The molecule has 5 nitrogen and oxygen atoms in total. The molecule has 0 unspecified atom stereocenters. The average molecular weight is 431 g/mol. The van der Waals surface area contributed by atoms with E-state index in [1.165, 1.54) is 9.87 Å². The Labute approximate surface area is 181 Å². The summed E-state index contributed by atoms with van der Waals surface area (Å²) in [6, 6.07) is 8.75. The number of rotatable bonds is 7. The topological polar surface area (TPSA) is 66.5 Å². The first-order chi connectivity index (χ1) is 13.8. The van der Waals surface area contributed by atoms with Crippen LogP contribution in [-0.4, -0.2) is 26.6 Å². The number of hydrogen-bond donors (Lipinski definition) is 1. The van der Waals surface area contributed by atoms with Crippen LogP contribution in [0.2, 0.25) is 0 Å². The maximum absolute atomic E-state index is 13.2. The number of amides is 1. The van der Waals surface area contributed by atoms with Gasteiger partial charge in [-0.2, -0.15) is 0 Å². The highest BCUT2D eigenvalue weighted by molar-refractivity contribution is 7.92. The number of aryl methyl sites for hydroxylation is 5. The number of nitrogens with zero attached hydrogens (tertiary/aromatic N) is 1. The van der Waals surface area contributed by atoms with E-state index in [1.807, 2.05) is 47.6 Å². The summed E-state index contributed by atoms with van der Waals surface area (Å²) in [5.41, 5.74) is 6.94. The van der Waals surface area contributed by atoms with Gasteiger partial charge in [0.05, 0.1) is 18.0 Å². The Bertz CT molecular complexity index is 1020. The van der Waals surface area contributed by atoms with Gasteiger partial charge in [0.25, 0.3) is 0 Å². The van der Waals surface area contributed by atoms with Crippen molar-refractivity contribution in [1.29, 1.82) is 0 Å². The normalized spacial score (nSPS) is 13.6. The number of carbonyl (C=O) groups is 1. The third kappa shape index (κ3) is 5.42. The Morgan fingerprint density at radius 3 is 1.97 bits per heavy atom. The lowest BCUT2D eigenvalue weighted by molar-refractivity contribution is -0.122. The van der Waals surface area contributed by atoms with Crippen LogP contribution in [0.4, 0.5) is 5.69 Å². The molecule has 0 heterocycles. The number of sulfonamides is 1. The fourth-order valence-electron chi connectivity index (χ4n) is 3.97. The predicted molar refractivity (Wildman–Crippen MR) is 125 cm³/mol. The molecule has 1 N–H and O–H groups in total. The van der Waals surface area contributed by atoms with Crippen molar-refractivity contribution >= 4 is 21.6 Å². The second kappa shape index (κ2) is 9.21. The molecule has 0 fully saturated rings. The first-order valence-corrected chi connectivity index (χ1v) is 12.2. The Balaban J connectivity index is 2.40. The van der Waals surface area contributed by atoms with Crippen LogP contribution in [0.3, 0.4) is 0 Å². The highest BCUT2D eigenvalue weighted by Gasteiger charge is 2.32. The SMILES string of the molecule is CC[C@@H](C(=O)N[C@H](C)c1cc(C)c(C)cc1C)N(c1cc(C)cc(C)c1)S(C)(=O)=O. The average Bonchev–Trinajstić information content (AvgIpc) is 2.60. The predicted octanol–water partition coefficient (Wildman–Crippen LogP) is 4.65. The van der Waals surface area contributed by atoms with Gasteiger partial charge in [-0.05, 0) is 93.5 Å². The van der Waals surface area contributed by atoms with Crippen LogP contribution < -0.4 is 9.62 Å². The lowest BCUT2D eigenvalue weighted by Crippen LogP contribution is -2.49. The van der Waals surface area contributed by atoms with Crippen LogP contribution in [0.25, 0.3) is 0 Å². The van der Waals surface area contributed by atoms with Crippen molar-refractivity contribution in [3.8, 4) is 0 Å². The van der Waals surface area contributed by atoms with Crippen LogP contribution in [0.15, 0.2) is 30.3 Å². The van der Waals surface area contributed by atoms with Crippen molar-refractivity contribution in [2.24, 2.45) is 0 Å². The minimum absolute atomic E-state index is 0.230. The Hall–Kier alpha value is -2.34. The number of nitrogens with one attached hydrogen (secondary N) is 1. The fraction of sp³-hybridized carbons (Fsp3) is 0.458. The molecular weight excluding hydrogens is 396 g/mol. The van der Waals surface area contributed by atoms with Crippen molar-refractivity contribution in [2.75, 3.05) is 10.6 Å². The van der Waals surface area contributed by atoms with Crippen LogP contribution in [0.5, 0.6) is 0 Å². The molecule has 0 saturated carbocycles. The number of hydrogen-bond acceptors (Lipinski definition) is 3. The van der Waals surface area contributed by atoms with E-state index >= 15 is 0 Å². The molecule has 30 heavy (non-hydrogen) atoms. The Morgan fingerprint density at radius 2 is 1.47 bits per heavy atom. The maximum Gasteiger partial charge on any atom is 0.244 e. The number of benzene rings is 2. The highest BCUT2D eigenvalue weighted by atomic mass is 32.2. The molecule has 0 aromatic heterocycles. The lowest BCUT2D eigenvalue weighted by Gasteiger charge is -2.31. The molecule has 0 radical (unpaired) electrons. The van der Waals surface area contributed by atoms with E-state index in [0.717, 1.165) is 34.1 Å². The zero-order valence-electron chi connectivity index (χ0n) is 19.3. The third-order valence-electron chi connectivity index (χ3n) is 5.50. The molecule has 6 heteroatoms. The molecule has 2 atom stereocenters. The van der Waals surface area contributed by atoms with Crippen LogP contribution in [-0.2, 0) is 14.8 Å². The second-order valence-corrected chi connectivity index (χ2v) is 10.2. The van der Waals surface area contributed by atoms with Crippen molar-refractivity contribution in [1.82, 2.24) is 5.32 Å². The summed E-state index contributed by atoms with van der Waals surface area (Å²) in [5.74, 6) is -0.299. The first-order valence-electron chi connectivity index (χ1n) is 10.3. The number of anilines is 1. The monoisotopic (exact) mass is 430 g/mol. The van der Waals surface area contributed by atoms with Gasteiger partial charge in [0, 0.05) is 0 Å². The third-order valence-corrected chi connectivity index (χ3v) is 6.68. The van der Waals surface area contributed by atoms with Gasteiger partial charge < -0.3 is 5.32 Å². The van der Waals surface area contributed by atoms with Gasteiger partial charge >= 0.3 is 0 Å². The molecule has 0 aliphatic carbocycles. The fourth-order valence-corrected chi connectivity index (χ4v) is 5.17. The molecular formula is C24H34N2O3S. The van der Waals surface area contributed by atoms with Gasteiger partial charge in [-0.3, -0.25) is 9.10 Å². The van der Waals surface area contributed by atoms with Gasteiger partial charge in [-0.25, -0.2) is 8.42 Å². The zero-order chi connectivity index (χ0) is 22.8. The molecule has 0 aliphatic heterocycles. The van der Waals surface area contributed by atoms with Gasteiger partial charge in [0.1, 0.15) is 6.04 Å². The molecule has 2 aromatic rings. The molecule has 0 aliphatic rings. The largest absolute Gasteiger partial charge is 0.348 e. The van der Waals surface area contributed by atoms with Crippen molar-refractivity contribution in [3.63, 3.8) is 0 Å². The van der Waals surface area contributed by atoms with Crippen LogP contribution in [0, 0.1) is 34.6 Å². The molecule has 1 amide bonds. The van der Waals surface area contributed by atoms with Crippen LogP contribution in [0.1, 0.15) is 59.7 Å². The summed E-state index contributed by atoms with van der Waals surface area (Å²) in [4.78, 5) is 13.2. The van der Waals surface area contributed by atoms with E-state index in [9.17, 15) is 13.2 Å². The second-order valence-electron chi connectivity index (χ2n) is 8.35. The van der Waals surface area contributed by atoms with E-state index in [-0.39, 0.29) is 11.9 Å². The molecule has 2 aromatic carbocycles. The number of carbonyl (C=O) groups excluding carboxylic acids is 1. The van der Waals surface area contributed by atoms with Gasteiger partial charge in [0.15, 0.2) is 0 Å². The Morgan fingerprint density at radius 1 is 0.933 bits per heavy atom. The van der Waals surface area contributed by atoms with E-state index in [4.69, 9.17) is 0 Å². The van der Waals surface area contributed by atoms with Crippen molar-refractivity contribution < 1.29 is 13.2 Å². The molecule has 0 bridgehead atoms. The first kappa shape index (κ1) is 23.9. The summed E-state index contributed by atoms with van der Waals surface area (Å²) in [6.45, 7) is 13.7. The zero-order valence-corrected chi connectivity index (χ0v) is 20.1. The molecule has 2 rings (SSSR count). The van der Waals surface area contributed by atoms with E-state index < -0.39 is 16.1 Å². The highest BCUT2D eigenvalue weighted by Crippen LogP contribution is 2.26. The summed E-state index contributed by atoms with van der Waals surface area (Å²) in [6.07, 6.45) is 1.52. The standard InChI is InChI=1S/C24H34N2O3S/c1-9-23(26(30(8,28)29)21-11-15(2)10-16(3)12-21)24(27)25-20(7)22-14-18(5)17(4)13-19(22)6/h10-14,20,23H,9H2,1-8H3,(H,25,27)/t20-,23+/m1/s1. The van der Waals surface area contributed by atoms with E-state index in [0.29, 0.717) is 12.1 Å². The summed E-state index contributed by atoms with van der Waals surface area (Å²) < 4.78 is 26.6. The summed E-state index contributed by atoms with van der Waals surface area (Å²) in [7, 11) is -3.66. The quantitative estimate of drug-likeness (QED) is 0.695. The van der Waals surface area contributed by atoms with E-state index in [1.54, 1.807) is 12.1 Å². The molecule has 0 spiro atoms. The van der Waals surface area contributed by atoms with Crippen LogP contribution >= 0.6 is 0 Å². The van der Waals surface area contributed by atoms with Gasteiger partial charge in [0.2, 0.25) is 15.9 Å².